The predicted octanol–water partition coefficient (Wildman–Crippen LogP) is 3.47. The number of nitrogens with zero attached hydrogens (tertiary/aromatic N) is 1. The van der Waals surface area contributed by atoms with E-state index in [1.54, 1.807) is 14.2 Å². The van der Waals surface area contributed by atoms with E-state index in [-0.39, 0.29) is 5.78 Å². The number of methoxy groups -OCH3 is 2. The second kappa shape index (κ2) is 8.30. The van der Waals surface area contributed by atoms with Gasteiger partial charge in [0.25, 0.3) is 0 Å². The lowest BCUT2D eigenvalue weighted by molar-refractivity contribution is -0.696. The van der Waals surface area contributed by atoms with Crippen LogP contribution in [-0.4, -0.2) is 20.0 Å². The Morgan fingerprint density at radius 3 is 2.35 bits per heavy atom. The van der Waals surface area contributed by atoms with Crippen LogP contribution in [0.25, 0.3) is 0 Å². The number of carbonyl (C=O) groups is 1. The minimum absolute atomic E-state index is 0.0334. The van der Waals surface area contributed by atoms with E-state index in [1.165, 1.54) is 0 Å². The number of carbonyl (C=O) groups excluding carboxylic acids is 1. The van der Waals surface area contributed by atoms with Crippen LogP contribution in [0.5, 0.6) is 11.5 Å². The molecule has 26 heavy (non-hydrogen) atoms. The number of aromatic nitrogens is 1. The fourth-order valence-electron chi connectivity index (χ4n) is 2.85. The first kappa shape index (κ1) is 17.7. The number of aryl methyl sites for hydroxylation is 2. The number of rotatable bonds is 7. The summed E-state index contributed by atoms with van der Waals surface area (Å²) in [5.74, 6) is 1.48. The Balaban J connectivity index is 1.72. The Bertz CT molecular complexity index is 891. The van der Waals surface area contributed by atoms with Gasteiger partial charge in [0.05, 0.1) is 19.8 Å². The van der Waals surface area contributed by atoms with Crippen LogP contribution in [0.2, 0.25) is 0 Å². The van der Waals surface area contributed by atoms with Gasteiger partial charge in [-0.2, -0.15) is 0 Å². The first-order chi connectivity index (χ1) is 12.7. The van der Waals surface area contributed by atoms with Gasteiger partial charge >= 0.3 is 0 Å². The van der Waals surface area contributed by atoms with Gasteiger partial charge in [0.15, 0.2) is 36.2 Å². The van der Waals surface area contributed by atoms with Crippen molar-refractivity contribution in [2.24, 2.45) is 0 Å². The molecule has 0 aliphatic rings. The zero-order valence-electron chi connectivity index (χ0n) is 15.0. The molecule has 2 aromatic carbocycles. The van der Waals surface area contributed by atoms with Crippen molar-refractivity contribution >= 4 is 5.78 Å². The number of pyridine rings is 1. The quantitative estimate of drug-likeness (QED) is 0.485. The molecule has 0 bridgehead atoms. The topological polar surface area (TPSA) is 39.4 Å². The highest BCUT2D eigenvalue weighted by molar-refractivity contribution is 6.08. The van der Waals surface area contributed by atoms with Crippen LogP contribution in [0.3, 0.4) is 0 Å². The third-order valence-corrected chi connectivity index (χ3v) is 4.26. The van der Waals surface area contributed by atoms with Crippen LogP contribution in [0, 0.1) is 0 Å². The average molecular weight is 348 g/mol. The summed E-state index contributed by atoms with van der Waals surface area (Å²) in [4.78, 5) is 12.6. The molecule has 0 unspecified atom stereocenters. The molecule has 4 nitrogen and oxygen atoms in total. The number of hydrogen-bond donors (Lipinski definition) is 0. The van der Waals surface area contributed by atoms with Crippen molar-refractivity contribution in [1.82, 2.24) is 0 Å². The lowest BCUT2D eigenvalue weighted by atomic mass is 10.1. The SMILES string of the molecule is COc1ccc(CC[n+]2cccc(C(=O)c3ccccc3)c2)cc1OC. The van der Waals surface area contributed by atoms with Crippen molar-refractivity contribution in [3.05, 3.63) is 89.7 Å². The zero-order valence-corrected chi connectivity index (χ0v) is 15.0. The van der Waals surface area contributed by atoms with E-state index < -0.39 is 0 Å². The van der Waals surface area contributed by atoms with Crippen LogP contribution in [0.15, 0.2) is 73.1 Å². The number of hydrogen-bond acceptors (Lipinski definition) is 3. The molecule has 0 amide bonds. The smallest absolute Gasteiger partial charge is 0.199 e. The third kappa shape index (κ3) is 4.09. The van der Waals surface area contributed by atoms with Crippen LogP contribution < -0.4 is 14.0 Å². The van der Waals surface area contributed by atoms with E-state index in [0.717, 1.165) is 30.0 Å². The minimum Gasteiger partial charge on any atom is -0.493 e. The molecule has 0 atom stereocenters. The van der Waals surface area contributed by atoms with Gasteiger partial charge in [-0.05, 0) is 23.8 Å². The Hall–Kier alpha value is -3.14. The van der Waals surface area contributed by atoms with Gasteiger partial charge in [0, 0.05) is 18.1 Å². The summed E-state index contributed by atoms with van der Waals surface area (Å²) >= 11 is 0. The Morgan fingerprint density at radius 2 is 1.62 bits per heavy atom. The highest BCUT2D eigenvalue weighted by Gasteiger charge is 2.13. The molecule has 4 heteroatoms. The Kier molecular flexibility index (Phi) is 5.64. The monoisotopic (exact) mass is 348 g/mol. The second-order valence-corrected chi connectivity index (χ2v) is 5.96. The van der Waals surface area contributed by atoms with E-state index in [0.29, 0.717) is 11.1 Å². The van der Waals surface area contributed by atoms with Crippen LogP contribution in [0.1, 0.15) is 21.5 Å². The highest BCUT2D eigenvalue weighted by atomic mass is 16.5. The summed E-state index contributed by atoms with van der Waals surface area (Å²) in [6.07, 6.45) is 4.70. The fraction of sp³-hybridized carbons (Fsp3) is 0.182. The van der Waals surface area contributed by atoms with E-state index in [4.69, 9.17) is 9.47 Å². The zero-order chi connectivity index (χ0) is 18.4. The largest absolute Gasteiger partial charge is 0.493 e. The molecule has 0 saturated carbocycles. The average Bonchev–Trinajstić information content (AvgIpc) is 2.72. The Labute approximate surface area is 153 Å². The van der Waals surface area contributed by atoms with E-state index in [9.17, 15) is 4.79 Å². The molecule has 3 aromatic rings. The van der Waals surface area contributed by atoms with E-state index in [2.05, 4.69) is 0 Å². The number of ketones is 1. The van der Waals surface area contributed by atoms with Crippen molar-refractivity contribution in [1.29, 1.82) is 0 Å². The Morgan fingerprint density at radius 1 is 0.885 bits per heavy atom. The lowest BCUT2D eigenvalue weighted by Crippen LogP contribution is -2.34. The number of ether oxygens (including phenoxy) is 2. The molecule has 132 valence electrons. The van der Waals surface area contributed by atoms with Gasteiger partial charge < -0.3 is 9.47 Å². The van der Waals surface area contributed by atoms with Gasteiger partial charge in [-0.3, -0.25) is 4.79 Å². The van der Waals surface area contributed by atoms with Crippen molar-refractivity contribution < 1.29 is 18.8 Å². The molecule has 3 rings (SSSR count). The van der Waals surface area contributed by atoms with E-state index >= 15 is 0 Å². The van der Waals surface area contributed by atoms with Crippen LogP contribution in [0.4, 0.5) is 0 Å². The van der Waals surface area contributed by atoms with Gasteiger partial charge in [0.2, 0.25) is 0 Å². The van der Waals surface area contributed by atoms with Gasteiger partial charge in [-0.1, -0.05) is 36.4 Å². The summed E-state index contributed by atoms with van der Waals surface area (Å²) in [6.45, 7) is 0.769. The summed E-state index contributed by atoms with van der Waals surface area (Å²) in [7, 11) is 3.26. The predicted molar refractivity (Wildman–Crippen MR) is 99.8 cm³/mol. The maximum atomic E-state index is 12.6. The minimum atomic E-state index is 0.0334. The van der Waals surface area contributed by atoms with Gasteiger partial charge in [0.1, 0.15) is 0 Å². The van der Waals surface area contributed by atoms with Crippen LogP contribution >= 0.6 is 0 Å². The summed E-state index contributed by atoms with van der Waals surface area (Å²) < 4.78 is 12.7. The molecule has 0 aliphatic heterocycles. The molecule has 0 spiro atoms. The molecule has 1 heterocycles. The summed E-state index contributed by atoms with van der Waals surface area (Å²) in [6, 6.07) is 19.0. The molecular formula is C22H22NO3+. The summed E-state index contributed by atoms with van der Waals surface area (Å²) in [5.41, 5.74) is 2.53. The third-order valence-electron chi connectivity index (χ3n) is 4.26. The summed E-state index contributed by atoms with van der Waals surface area (Å²) in [5, 5.41) is 0. The molecule has 0 fully saturated rings. The van der Waals surface area contributed by atoms with Crippen molar-refractivity contribution in [2.75, 3.05) is 14.2 Å². The number of benzene rings is 2. The van der Waals surface area contributed by atoms with Crippen molar-refractivity contribution in [2.45, 2.75) is 13.0 Å². The maximum absolute atomic E-state index is 12.6. The maximum Gasteiger partial charge on any atom is 0.199 e. The van der Waals surface area contributed by atoms with Gasteiger partial charge in [-0.15, -0.1) is 0 Å². The van der Waals surface area contributed by atoms with Crippen LogP contribution in [-0.2, 0) is 13.0 Å². The lowest BCUT2D eigenvalue weighted by Gasteiger charge is -2.08. The molecule has 0 N–H and O–H groups in total. The second-order valence-electron chi connectivity index (χ2n) is 5.96. The first-order valence-corrected chi connectivity index (χ1v) is 8.51. The molecule has 0 aliphatic carbocycles. The van der Waals surface area contributed by atoms with E-state index in [1.807, 2.05) is 77.6 Å². The molecule has 0 radical (unpaired) electrons. The molecular weight excluding hydrogens is 326 g/mol. The van der Waals surface area contributed by atoms with Crippen molar-refractivity contribution in [3.8, 4) is 11.5 Å². The van der Waals surface area contributed by atoms with Gasteiger partial charge in [-0.25, -0.2) is 4.57 Å². The normalized spacial score (nSPS) is 10.4. The molecule has 1 aromatic heterocycles. The fourth-order valence-corrected chi connectivity index (χ4v) is 2.85. The molecule has 0 saturated heterocycles. The highest BCUT2D eigenvalue weighted by Crippen LogP contribution is 2.27. The first-order valence-electron chi connectivity index (χ1n) is 8.51. The standard InChI is InChI=1S/C22H22NO3/c1-25-20-11-10-17(15-21(20)26-2)12-14-23-13-6-9-19(16-23)22(24)18-7-4-3-5-8-18/h3-11,13,15-16H,12,14H2,1-2H3/q+1. The van der Waals surface area contributed by atoms with Crippen molar-refractivity contribution in [3.63, 3.8) is 0 Å².